The molecular formula is C29H35NO6. The van der Waals surface area contributed by atoms with Crippen LogP contribution in [0.2, 0.25) is 0 Å². The van der Waals surface area contributed by atoms with Crippen LogP contribution < -0.4 is 5.32 Å². The number of carbonyl (C=O) groups is 3. The molecule has 2 fully saturated rings. The molecule has 0 bridgehead atoms. The molecule has 0 radical (unpaired) electrons. The molecule has 1 saturated carbocycles. The lowest BCUT2D eigenvalue weighted by Crippen LogP contribution is -2.60. The van der Waals surface area contributed by atoms with Gasteiger partial charge in [0.25, 0.3) is 0 Å². The Kier molecular flexibility index (Phi) is 7.34. The summed E-state index contributed by atoms with van der Waals surface area (Å²) in [4.78, 5) is 39.0. The van der Waals surface area contributed by atoms with Crippen molar-refractivity contribution in [1.82, 2.24) is 5.32 Å². The average molecular weight is 494 g/mol. The summed E-state index contributed by atoms with van der Waals surface area (Å²) in [5.41, 5.74) is 0.292. The number of benzene rings is 1. The maximum Gasteiger partial charge on any atom is 0.303 e. The van der Waals surface area contributed by atoms with Crippen LogP contribution in [-0.2, 0) is 25.5 Å². The van der Waals surface area contributed by atoms with Crippen LogP contribution in [0.1, 0.15) is 32.8 Å². The van der Waals surface area contributed by atoms with Crippen molar-refractivity contribution in [1.29, 1.82) is 0 Å². The number of hydrogen-bond donors (Lipinski definition) is 3. The number of Topliss-reactive ketones (excluding diaryl/α,β-unsaturated/α-hetero) is 1. The number of carbonyl (C=O) groups excluding carboxylic acids is 3. The molecule has 7 nitrogen and oxygen atoms in total. The highest BCUT2D eigenvalue weighted by Crippen LogP contribution is 2.58. The van der Waals surface area contributed by atoms with E-state index in [0.717, 1.165) is 5.56 Å². The van der Waals surface area contributed by atoms with Crippen LogP contribution in [0.5, 0.6) is 0 Å². The molecule has 3 aliphatic rings. The molecule has 1 spiro atoms. The van der Waals surface area contributed by atoms with E-state index in [1.807, 2.05) is 37.3 Å². The Hall–Kier alpha value is -3.03. The van der Waals surface area contributed by atoms with E-state index in [4.69, 9.17) is 4.74 Å². The molecule has 3 N–H and O–H groups in total. The smallest absolute Gasteiger partial charge is 0.303 e. The molecule has 9 atom stereocenters. The first-order valence-electron chi connectivity index (χ1n) is 12.5. The molecule has 7 heteroatoms. The van der Waals surface area contributed by atoms with Gasteiger partial charge in [-0.3, -0.25) is 14.4 Å². The van der Waals surface area contributed by atoms with Gasteiger partial charge in [0.2, 0.25) is 5.91 Å². The Morgan fingerprint density at radius 1 is 1.14 bits per heavy atom. The van der Waals surface area contributed by atoms with Gasteiger partial charge in [-0.25, -0.2) is 0 Å². The van der Waals surface area contributed by atoms with E-state index in [1.54, 1.807) is 19.1 Å². The summed E-state index contributed by atoms with van der Waals surface area (Å²) in [7, 11) is 0. The number of hydrogen-bond acceptors (Lipinski definition) is 6. The number of rotatable bonds is 3. The van der Waals surface area contributed by atoms with Gasteiger partial charge >= 0.3 is 5.97 Å². The number of esters is 1. The molecule has 0 unspecified atom stereocenters. The van der Waals surface area contributed by atoms with Gasteiger partial charge in [0.05, 0.1) is 6.10 Å². The van der Waals surface area contributed by atoms with E-state index in [-0.39, 0.29) is 29.6 Å². The molecule has 1 amide bonds. The predicted molar refractivity (Wildman–Crippen MR) is 134 cm³/mol. The molecule has 1 saturated heterocycles. The monoisotopic (exact) mass is 493 g/mol. The lowest BCUT2D eigenvalue weighted by atomic mass is 9.51. The molecule has 2 aliphatic carbocycles. The summed E-state index contributed by atoms with van der Waals surface area (Å²) < 4.78 is 5.77. The van der Waals surface area contributed by atoms with Crippen molar-refractivity contribution in [3.05, 3.63) is 72.4 Å². The standard InChI is InChI=1S/C29H35NO6/c1-16-9-8-12-21-27(34)18(3)17(2)25-22(15-20-10-6-5-7-11-20)30-28(35)29(21,25)24(36-19(4)31)14-13-23(32)26(16)33/h5-8,10-14,16-17,21-25,27,32,34H,3,9,15H2,1-2,4H3,(H,30,35)/t16-,17-,21-,22+,23-,24-,25-,27-,29+/m1/s1. The third-order valence-electron chi connectivity index (χ3n) is 8.23. The minimum Gasteiger partial charge on any atom is -0.457 e. The van der Waals surface area contributed by atoms with Crippen LogP contribution in [0.4, 0.5) is 0 Å². The van der Waals surface area contributed by atoms with Gasteiger partial charge in [0, 0.05) is 30.7 Å². The molecule has 4 rings (SSSR count). The first-order chi connectivity index (χ1) is 17.1. The fraction of sp³-hybridized carbons (Fsp3) is 0.483. The van der Waals surface area contributed by atoms with Gasteiger partial charge in [-0.1, -0.05) is 62.9 Å². The molecule has 0 aromatic heterocycles. The zero-order valence-corrected chi connectivity index (χ0v) is 21.0. The van der Waals surface area contributed by atoms with Crippen molar-refractivity contribution in [2.75, 3.05) is 0 Å². The summed E-state index contributed by atoms with van der Waals surface area (Å²) >= 11 is 0. The number of amides is 1. The molecule has 36 heavy (non-hydrogen) atoms. The van der Waals surface area contributed by atoms with E-state index >= 15 is 0 Å². The highest BCUT2D eigenvalue weighted by Gasteiger charge is 2.68. The van der Waals surface area contributed by atoms with Crippen LogP contribution in [0.15, 0.2) is 66.8 Å². The Labute approximate surface area is 211 Å². The van der Waals surface area contributed by atoms with Gasteiger partial charge < -0.3 is 20.3 Å². The fourth-order valence-corrected chi connectivity index (χ4v) is 6.43. The van der Waals surface area contributed by atoms with Gasteiger partial charge in [-0.15, -0.1) is 0 Å². The number of ketones is 1. The van der Waals surface area contributed by atoms with E-state index in [1.165, 1.54) is 19.1 Å². The lowest BCUT2D eigenvalue weighted by molar-refractivity contribution is -0.166. The normalized spacial score (nSPS) is 38.5. The van der Waals surface area contributed by atoms with Crippen molar-refractivity contribution in [3.63, 3.8) is 0 Å². The van der Waals surface area contributed by atoms with Crippen LogP contribution in [0, 0.1) is 29.1 Å². The average Bonchev–Trinajstić information content (AvgIpc) is 3.13. The minimum absolute atomic E-state index is 0.278. The third kappa shape index (κ3) is 4.35. The first kappa shape index (κ1) is 26.0. The summed E-state index contributed by atoms with van der Waals surface area (Å²) in [6, 6.07) is 9.50. The largest absolute Gasteiger partial charge is 0.457 e. The quantitative estimate of drug-likeness (QED) is 0.441. The third-order valence-corrected chi connectivity index (χ3v) is 8.23. The SMILES string of the molecule is C=C1[C@@H](C)[C@@H]2[C@H](Cc3ccccc3)NC(=O)[C@]23[C@H](C=CC[C@@H](C)C(=O)[C@H](O)C=C[C@H]3OC(C)=O)[C@@H]1O. The predicted octanol–water partition coefficient (Wildman–Crippen LogP) is 2.53. The van der Waals surface area contributed by atoms with Crippen molar-refractivity contribution in [3.8, 4) is 0 Å². The summed E-state index contributed by atoms with van der Waals surface area (Å²) in [5, 5.41) is 25.1. The topological polar surface area (TPSA) is 113 Å². The van der Waals surface area contributed by atoms with E-state index in [2.05, 4.69) is 11.9 Å². The molecule has 1 aliphatic heterocycles. The lowest BCUT2D eigenvalue weighted by Gasteiger charge is -2.52. The van der Waals surface area contributed by atoms with Gasteiger partial charge in [0.15, 0.2) is 5.78 Å². The van der Waals surface area contributed by atoms with E-state index in [0.29, 0.717) is 18.4 Å². The Bertz CT molecular complexity index is 1090. The second-order valence-corrected chi connectivity index (χ2v) is 10.4. The van der Waals surface area contributed by atoms with Crippen molar-refractivity contribution in [2.24, 2.45) is 29.1 Å². The van der Waals surface area contributed by atoms with Crippen LogP contribution in [-0.4, -0.2) is 52.2 Å². The van der Waals surface area contributed by atoms with Gasteiger partial charge in [-0.05, 0) is 42.0 Å². The molecule has 1 heterocycles. The van der Waals surface area contributed by atoms with Gasteiger partial charge in [0.1, 0.15) is 17.6 Å². The molecule has 192 valence electrons. The minimum atomic E-state index is -1.40. The number of aliphatic hydroxyl groups is 2. The Morgan fingerprint density at radius 2 is 1.83 bits per heavy atom. The van der Waals surface area contributed by atoms with Crippen molar-refractivity contribution >= 4 is 17.7 Å². The fourth-order valence-electron chi connectivity index (χ4n) is 6.43. The molecule has 1 aromatic carbocycles. The van der Waals surface area contributed by atoms with Crippen LogP contribution in [0.3, 0.4) is 0 Å². The van der Waals surface area contributed by atoms with E-state index < -0.39 is 41.5 Å². The maximum atomic E-state index is 14.1. The van der Waals surface area contributed by atoms with Crippen LogP contribution in [0.25, 0.3) is 0 Å². The van der Waals surface area contributed by atoms with Crippen LogP contribution >= 0.6 is 0 Å². The van der Waals surface area contributed by atoms with Crippen molar-refractivity contribution < 1.29 is 29.3 Å². The first-order valence-corrected chi connectivity index (χ1v) is 12.5. The number of aliphatic hydroxyl groups excluding tert-OH is 2. The number of ether oxygens (including phenoxy) is 1. The maximum absolute atomic E-state index is 14.1. The summed E-state index contributed by atoms with van der Waals surface area (Å²) in [6.45, 7) is 9.11. The van der Waals surface area contributed by atoms with E-state index in [9.17, 15) is 24.6 Å². The molecule has 1 aromatic rings. The van der Waals surface area contributed by atoms with Gasteiger partial charge in [-0.2, -0.15) is 0 Å². The second kappa shape index (κ2) is 10.1. The highest BCUT2D eigenvalue weighted by atomic mass is 16.5. The Morgan fingerprint density at radius 3 is 2.50 bits per heavy atom. The zero-order valence-electron chi connectivity index (χ0n) is 21.0. The number of allylic oxidation sites excluding steroid dienone is 1. The van der Waals surface area contributed by atoms with Crippen molar-refractivity contribution in [2.45, 2.75) is 58.0 Å². The second-order valence-electron chi connectivity index (χ2n) is 10.4. The highest BCUT2D eigenvalue weighted by molar-refractivity contribution is 5.90. The number of nitrogens with one attached hydrogen (secondary N) is 1. The summed E-state index contributed by atoms with van der Waals surface area (Å²) in [6.07, 6.45) is 3.62. The zero-order chi connectivity index (χ0) is 26.2. The summed E-state index contributed by atoms with van der Waals surface area (Å²) in [5.74, 6) is -3.17. The Balaban J connectivity index is 1.92. The molecular weight excluding hydrogens is 458 g/mol.